The van der Waals surface area contributed by atoms with Crippen LogP contribution in [0.1, 0.15) is 79.1 Å². The zero-order valence-electron chi connectivity index (χ0n) is 22.0. The predicted molar refractivity (Wildman–Crippen MR) is 142 cm³/mol. The lowest BCUT2D eigenvalue weighted by molar-refractivity contribution is -0.134. The number of likely N-dealkylation sites (tertiary alicyclic amines) is 1. The molecule has 0 radical (unpaired) electrons. The highest BCUT2D eigenvalue weighted by Gasteiger charge is 2.30. The van der Waals surface area contributed by atoms with Crippen molar-refractivity contribution in [3.05, 3.63) is 35.9 Å². The van der Waals surface area contributed by atoms with Gasteiger partial charge in [-0.2, -0.15) is 0 Å². The maximum Gasteiger partial charge on any atom is 0.239 e. The second-order valence-corrected chi connectivity index (χ2v) is 11.1. The Balaban J connectivity index is 1.66. The van der Waals surface area contributed by atoms with Crippen molar-refractivity contribution in [2.75, 3.05) is 31.1 Å². The number of hydrogen-bond acceptors (Lipinski definition) is 4. The SMILES string of the molecule is CC(C)=CCN(c1ccc(OCC2CCCCC2)cc1)[C@H]1CCCN(C(=O)C(N)CC(C)C)C1. The minimum Gasteiger partial charge on any atom is -0.493 e. The molecule has 1 saturated carbocycles. The van der Waals surface area contributed by atoms with Gasteiger partial charge in [-0.3, -0.25) is 4.79 Å². The smallest absolute Gasteiger partial charge is 0.239 e. The van der Waals surface area contributed by atoms with Gasteiger partial charge in [0.2, 0.25) is 5.91 Å². The van der Waals surface area contributed by atoms with Gasteiger partial charge < -0.3 is 20.3 Å². The zero-order chi connectivity index (χ0) is 24.5. The largest absolute Gasteiger partial charge is 0.493 e. The van der Waals surface area contributed by atoms with E-state index in [0.717, 1.165) is 51.3 Å². The molecule has 5 nitrogen and oxygen atoms in total. The summed E-state index contributed by atoms with van der Waals surface area (Å²) in [5.74, 6) is 2.19. The van der Waals surface area contributed by atoms with Crippen molar-refractivity contribution < 1.29 is 9.53 Å². The van der Waals surface area contributed by atoms with E-state index in [-0.39, 0.29) is 11.9 Å². The lowest BCUT2D eigenvalue weighted by Crippen LogP contribution is -2.54. The normalized spacial score (nSPS) is 20.2. The molecule has 2 atom stereocenters. The van der Waals surface area contributed by atoms with E-state index in [1.165, 1.54) is 43.4 Å². The number of nitrogens with zero attached hydrogens (tertiary/aromatic N) is 2. The van der Waals surface area contributed by atoms with Gasteiger partial charge in [0.25, 0.3) is 0 Å². The van der Waals surface area contributed by atoms with Crippen LogP contribution in [0.5, 0.6) is 5.75 Å². The summed E-state index contributed by atoms with van der Waals surface area (Å²) in [5, 5.41) is 0. The number of piperidine rings is 1. The van der Waals surface area contributed by atoms with Crippen LogP contribution in [0.2, 0.25) is 0 Å². The van der Waals surface area contributed by atoms with E-state index in [1.807, 2.05) is 4.90 Å². The minimum absolute atomic E-state index is 0.104. The number of amides is 1. The average molecular weight is 470 g/mol. The van der Waals surface area contributed by atoms with Crippen LogP contribution in [-0.2, 0) is 4.79 Å². The number of carbonyl (C=O) groups is 1. The van der Waals surface area contributed by atoms with Crippen LogP contribution in [0.25, 0.3) is 0 Å². The molecule has 2 fully saturated rings. The molecule has 1 aliphatic heterocycles. The number of rotatable bonds is 10. The first kappa shape index (κ1) is 26.6. The molecule has 3 rings (SSSR count). The zero-order valence-corrected chi connectivity index (χ0v) is 22.0. The molecular formula is C29H47N3O2. The van der Waals surface area contributed by atoms with Crippen LogP contribution in [0.4, 0.5) is 5.69 Å². The van der Waals surface area contributed by atoms with E-state index in [1.54, 1.807) is 0 Å². The molecule has 0 spiro atoms. The number of benzene rings is 1. The summed E-state index contributed by atoms with van der Waals surface area (Å²) in [4.78, 5) is 17.5. The molecule has 2 N–H and O–H groups in total. The molecular weight excluding hydrogens is 422 g/mol. The first-order chi connectivity index (χ1) is 16.3. The highest BCUT2D eigenvalue weighted by atomic mass is 16.5. The van der Waals surface area contributed by atoms with Crippen molar-refractivity contribution >= 4 is 11.6 Å². The number of nitrogens with two attached hydrogens (primary N) is 1. The Labute approximate surface area is 207 Å². The molecule has 190 valence electrons. The molecule has 0 bridgehead atoms. The quantitative estimate of drug-likeness (QED) is 0.441. The highest BCUT2D eigenvalue weighted by Crippen LogP contribution is 2.28. The molecule has 1 saturated heterocycles. The van der Waals surface area contributed by atoms with E-state index in [9.17, 15) is 4.79 Å². The van der Waals surface area contributed by atoms with Crippen LogP contribution in [0.15, 0.2) is 35.9 Å². The van der Waals surface area contributed by atoms with Crippen LogP contribution < -0.4 is 15.4 Å². The first-order valence-corrected chi connectivity index (χ1v) is 13.5. The average Bonchev–Trinajstić information content (AvgIpc) is 2.83. The van der Waals surface area contributed by atoms with E-state index in [0.29, 0.717) is 11.8 Å². The summed E-state index contributed by atoms with van der Waals surface area (Å²) in [6.07, 6.45) is 11.8. The van der Waals surface area contributed by atoms with Gasteiger partial charge in [0, 0.05) is 31.4 Å². The van der Waals surface area contributed by atoms with Crippen molar-refractivity contribution in [1.29, 1.82) is 0 Å². The van der Waals surface area contributed by atoms with Crippen molar-refractivity contribution in [2.45, 2.75) is 91.1 Å². The first-order valence-electron chi connectivity index (χ1n) is 13.5. The Morgan fingerprint density at radius 2 is 1.82 bits per heavy atom. The fourth-order valence-electron chi connectivity index (χ4n) is 5.30. The van der Waals surface area contributed by atoms with Gasteiger partial charge in [-0.05, 0) is 82.1 Å². The summed E-state index contributed by atoms with van der Waals surface area (Å²) >= 11 is 0. The molecule has 1 heterocycles. The van der Waals surface area contributed by atoms with Crippen molar-refractivity contribution in [3.63, 3.8) is 0 Å². The molecule has 1 unspecified atom stereocenters. The lowest BCUT2D eigenvalue weighted by atomic mass is 9.90. The number of carbonyl (C=O) groups excluding carboxylic acids is 1. The highest BCUT2D eigenvalue weighted by molar-refractivity contribution is 5.81. The Morgan fingerprint density at radius 1 is 1.12 bits per heavy atom. The molecule has 2 aliphatic rings. The van der Waals surface area contributed by atoms with Gasteiger partial charge in [0.1, 0.15) is 5.75 Å². The van der Waals surface area contributed by atoms with Gasteiger partial charge >= 0.3 is 0 Å². The third-order valence-corrected chi connectivity index (χ3v) is 7.27. The fraction of sp³-hybridized carbons (Fsp3) is 0.690. The standard InChI is InChI=1S/C29H47N3O2/c1-22(2)16-18-32(26-11-8-17-31(20-26)29(33)28(30)19-23(3)4)25-12-14-27(15-13-25)34-21-24-9-6-5-7-10-24/h12-16,23-24,26,28H,5-11,17-21,30H2,1-4H3/t26-,28?/m0/s1. The molecule has 0 aromatic heterocycles. The van der Waals surface area contributed by atoms with Crippen LogP contribution in [0.3, 0.4) is 0 Å². The summed E-state index contributed by atoms with van der Waals surface area (Å²) < 4.78 is 6.13. The maximum atomic E-state index is 13.0. The van der Waals surface area contributed by atoms with Crippen LogP contribution >= 0.6 is 0 Å². The lowest BCUT2D eigenvalue weighted by Gasteiger charge is -2.41. The Bertz CT molecular complexity index is 779. The molecule has 34 heavy (non-hydrogen) atoms. The molecule has 1 amide bonds. The number of hydrogen-bond donors (Lipinski definition) is 1. The van der Waals surface area contributed by atoms with E-state index in [4.69, 9.17) is 10.5 Å². The Kier molecular flexibility index (Phi) is 10.3. The third kappa shape index (κ3) is 8.04. The molecule has 1 aliphatic carbocycles. The second-order valence-electron chi connectivity index (χ2n) is 11.1. The summed E-state index contributed by atoms with van der Waals surface area (Å²) in [5.41, 5.74) is 8.74. The molecule has 1 aromatic carbocycles. The summed E-state index contributed by atoms with van der Waals surface area (Å²) in [7, 11) is 0. The third-order valence-electron chi connectivity index (χ3n) is 7.27. The van der Waals surface area contributed by atoms with Crippen LogP contribution in [-0.4, -0.2) is 49.1 Å². The van der Waals surface area contributed by atoms with E-state index < -0.39 is 6.04 Å². The fourth-order valence-corrected chi connectivity index (χ4v) is 5.30. The van der Waals surface area contributed by atoms with Gasteiger partial charge in [0.05, 0.1) is 12.6 Å². The van der Waals surface area contributed by atoms with Crippen molar-refractivity contribution in [2.24, 2.45) is 17.6 Å². The van der Waals surface area contributed by atoms with Gasteiger partial charge in [-0.1, -0.05) is 44.8 Å². The minimum atomic E-state index is -0.398. The van der Waals surface area contributed by atoms with Crippen molar-refractivity contribution in [1.82, 2.24) is 4.90 Å². The number of anilines is 1. The maximum absolute atomic E-state index is 13.0. The topological polar surface area (TPSA) is 58.8 Å². The second kappa shape index (κ2) is 13.2. The van der Waals surface area contributed by atoms with Gasteiger partial charge in [-0.25, -0.2) is 0 Å². The molecule has 5 heteroatoms. The monoisotopic (exact) mass is 469 g/mol. The van der Waals surface area contributed by atoms with Gasteiger partial charge in [0.15, 0.2) is 0 Å². The predicted octanol–water partition coefficient (Wildman–Crippen LogP) is 5.78. The number of allylic oxidation sites excluding steroid dienone is 1. The Hall–Kier alpha value is -2.01. The molecule has 1 aromatic rings. The Morgan fingerprint density at radius 3 is 2.47 bits per heavy atom. The summed E-state index contributed by atoms with van der Waals surface area (Å²) in [6, 6.07) is 8.47. The van der Waals surface area contributed by atoms with Gasteiger partial charge in [-0.15, -0.1) is 0 Å². The van der Waals surface area contributed by atoms with Crippen LogP contribution in [0, 0.1) is 11.8 Å². The van der Waals surface area contributed by atoms with Crippen molar-refractivity contribution in [3.8, 4) is 5.75 Å². The van der Waals surface area contributed by atoms with E-state index >= 15 is 0 Å². The summed E-state index contributed by atoms with van der Waals surface area (Å²) in [6.45, 7) is 11.7. The van der Waals surface area contributed by atoms with E-state index in [2.05, 4.69) is 62.9 Å². The number of ether oxygens (including phenoxy) is 1.